The van der Waals surface area contributed by atoms with E-state index in [0.29, 0.717) is 5.92 Å². The number of benzene rings is 1. The summed E-state index contributed by atoms with van der Waals surface area (Å²) in [6, 6.07) is 8.19. The van der Waals surface area contributed by atoms with E-state index in [1.54, 1.807) is 6.21 Å². The Morgan fingerprint density at radius 3 is 2.87 bits per heavy atom. The van der Waals surface area contributed by atoms with Gasteiger partial charge in [0.2, 0.25) is 0 Å². The highest BCUT2D eigenvalue weighted by Gasteiger charge is 1.98. The van der Waals surface area contributed by atoms with Crippen LogP contribution in [0.25, 0.3) is 0 Å². The molecule has 0 amide bonds. The molecular weight excluding hydrogens is 206 g/mol. The van der Waals surface area contributed by atoms with E-state index in [9.17, 15) is 0 Å². The highest BCUT2D eigenvalue weighted by Crippen LogP contribution is 2.14. The van der Waals surface area contributed by atoms with E-state index in [0.717, 1.165) is 5.56 Å². The van der Waals surface area contributed by atoms with Crippen molar-refractivity contribution in [1.82, 2.24) is 5.43 Å². The molecule has 1 aromatic rings. The van der Waals surface area contributed by atoms with Crippen molar-refractivity contribution < 1.29 is 0 Å². The third kappa shape index (κ3) is 4.08. The topological polar surface area (TPSA) is 50.4 Å². The van der Waals surface area contributed by atoms with Crippen LogP contribution in [0.2, 0.25) is 0 Å². The summed E-state index contributed by atoms with van der Waals surface area (Å²) < 4.78 is 0. The van der Waals surface area contributed by atoms with E-state index in [-0.39, 0.29) is 5.11 Å². The number of thiocarbonyl (C=S) groups is 1. The maximum absolute atomic E-state index is 5.24. The Morgan fingerprint density at radius 1 is 1.53 bits per heavy atom. The van der Waals surface area contributed by atoms with Crippen LogP contribution in [0.5, 0.6) is 0 Å². The maximum atomic E-state index is 5.24. The molecule has 0 bridgehead atoms. The summed E-state index contributed by atoms with van der Waals surface area (Å²) >= 11 is 4.63. The fraction of sp³-hybridized carbons (Fsp3) is 0.273. The SMILES string of the molecule is CC(C)c1cccc(C=NNC(N)=S)c1. The van der Waals surface area contributed by atoms with Crippen molar-refractivity contribution in [2.24, 2.45) is 10.8 Å². The van der Waals surface area contributed by atoms with Crippen molar-refractivity contribution in [3.8, 4) is 0 Å². The predicted octanol–water partition coefficient (Wildman–Crippen LogP) is 1.98. The molecule has 0 aliphatic carbocycles. The molecule has 0 aliphatic heterocycles. The molecule has 0 unspecified atom stereocenters. The quantitative estimate of drug-likeness (QED) is 0.466. The molecule has 15 heavy (non-hydrogen) atoms. The molecule has 0 atom stereocenters. The number of nitrogens with one attached hydrogen (secondary N) is 1. The molecule has 0 radical (unpaired) electrons. The van der Waals surface area contributed by atoms with Gasteiger partial charge in [0.1, 0.15) is 0 Å². The van der Waals surface area contributed by atoms with E-state index in [1.165, 1.54) is 5.56 Å². The molecule has 0 aromatic heterocycles. The molecule has 1 rings (SSSR count). The Labute approximate surface area is 95.4 Å². The molecule has 3 N–H and O–H groups in total. The van der Waals surface area contributed by atoms with E-state index < -0.39 is 0 Å². The van der Waals surface area contributed by atoms with Crippen LogP contribution in [-0.4, -0.2) is 11.3 Å². The van der Waals surface area contributed by atoms with Gasteiger partial charge in [-0.15, -0.1) is 0 Å². The third-order valence-electron chi connectivity index (χ3n) is 1.97. The van der Waals surface area contributed by atoms with Crippen molar-refractivity contribution in [3.63, 3.8) is 0 Å². The average molecular weight is 221 g/mol. The second-order valence-electron chi connectivity index (χ2n) is 3.56. The van der Waals surface area contributed by atoms with Crippen molar-refractivity contribution in [1.29, 1.82) is 0 Å². The van der Waals surface area contributed by atoms with Gasteiger partial charge in [-0.3, -0.25) is 5.43 Å². The first-order valence-electron chi connectivity index (χ1n) is 4.78. The minimum absolute atomic E-state index is 0.172. The van der Waals surface area contributed by atoms with E-state index in [4.69, 9.17) is 5.73 Å². The molecule has 1 aromatic carbocycles. The third-order valence-corrected chi connectivity index (χ3v) is 2.06. The van der Waals surface area contributed by atoms with Gasteiger partial charge in [-0.05, 0) is 35.3 Å². The van der Waals surface area contributed by atoms with Gasteiger partial charge in [0.05, 0.1) is 6.21 Å². The van der Waals surface area contributed by atoms with Crippen molar-refractivity contribution in [2.75, 3.05) is 0 Å². The molecule has 0 aliphatic rings. The molecule has 0 fully saturated rings. The Kier molecular flexibility index (Phi) is 4.24. The molecule has 0 spiro atoms. The first kappa shape index (κ1) is 11.7. The number of rotatable bonds is 3. The lowest BCUT2D eigenvalue weighted by molar-refractivity contribution is 0.866. The van der Waals surface area contributed by atoms with E-state index in [1.807, 2.05) is 12.1 Å². The minimum Gasteiger partial charge on any atom is -0.375 e. The molecule has 0 saturated carbocycles. The van der Waals surface area contributed by atoms with Crippen molar-refractivity contribution in [3.05, 3.63) is 35.4 Å². The molecule has 80 valence electrons. The number of hydrogen-bond donors (Lipinski definition) is 2. The highest BCUT2D eigenvalue weighted by molar-refractivity contribution is 7.80. The van der Waals surface area contributed by atoms with Gasteiger partial charge in [0.15, 0.2) is 5.11 Å². The zero-order valence-electron chi connectivity index (χ0n) is 8.90. The van der Waals surface area contributed by atoms with Gasteiger partial charge in [0.25, 0.3) is 0 Å². The summed E-state index contributed by atoms with van der Waals surface area (Å²) in [5.74, 6) is 0.516. The fourth-order valence-corrected chi connectivity index (χ4v) is 1.22. The summed E-state index contributed by atoms with van der Waals surface area (Å²) in [6.07, 6.45) is 1.70. The summed E-state index contributed by atoms with van der Waals surface area (Å²) in [5, 5.41) is 4.07. The first-order chi connectivity index (χ1) is 7.09. The smallest absolute Gasteiger partial charge is 0.184 e. The Hall–Kier alpha value is -1.42. The van der Waals surface area contributed by atoms with Gasteiger partial charge < -0.3 is 5.73 Å². The largest absolute Gasteiger partial charge is 0.375 e. The zero-order valence-corrected chi connectivity index (χ0v) is 9.71. The summed E-state index contributed by atoms with van der Waals surface area (Å²) in [5.41, 5.74) is 10.1. The zero-order chi connectivity index (χ0) is 11.3. The normalized spacial score (nSPS) is 10.9. The van der Waals surface area contributed by atoms with Crippen LogP contribution >= 0.6 is 12.2 Å². The molecule has 0 heterocycles. The highest BCUT2D eigenvalue weighted by atomic mass is 32.1. The average Bonchev–Trinajstić information content (AvgIpc) is 2.17. The van der Waals surface area contributed by atoms with Gasteiger partial charge in [-0.2, -0.15) is 5.10 Å². The second kappa shape index (κ2) is 5.46. The van der Waals surface area contributed by atoms with Gasteiger partial charge in [0, 0.05) is 0 Å². The number of nitrogens with zero attached hydrogens (tertiary/aromatic N) is 1. The van der Waals surface area contributed by atoms with Crippen LogP contribution in [0.1, 0.15) is 30.9 Å². The van der Waals surface area contributed by atoms with Crippen LogP contribution in [0.4, 0.5) is 0 Å². The second-order valence-corrected chi connectivity index (χ2v) is 4.00. The van der Waals surface area contributed by atoms with Gasteiger partial charge >= 0.3 is 0 Å². The van der Waals surface area contributed by atoms with Crippen molar-refractivity contribution >= 4 is 23.5 Å². The Balaban J connectivity index is 2.73. The van der Waals surface area contributed by atoms with Crippen LogP contribution < -0.4 is 11.2 Å². The monoisotopic (exact) mass is 221 g/mol. The maximum Gasteiger partial charge on any atom is 0.184 e. The van der Waals surface area contributed by atoms with Crippen molar-refractivity contribution in [2.45, 2.75) is 19.8 Å². The van der Waals surface area contributed by atoms with E-state index >= 15 is 0 Å². The first-order valence-corrected chi connectivity index (χ1v) is 5.19. The van der Waals surface area contributed by atoms with Gasteiger partial charge in [-0.1, -0.05) is 32.0 Å². The lowest BCUT2D eigenvalue weighted by Gasteiger charge is -2.05. The van der Waals surface area contributed by atoms with Crippen LogP contribution in [-0.2, 0) is 0 Å². The number of hydrogen-bond acceptors (Lipinski definition) is 2. The molecular formula is C11H15N3S. The minimum atomic E-state index is 0.172. The molecule has 0 saturated heterocycles. The van der Waals surface area contributed by atoms with Crippen LogP contribution in [0, 0.1) is 0 Å². The summed E-state index contributed by atoms with van der Waals surface area (Å²) in [4.78, 5) is 0. The predicted molar refractivity (Wildman–Crippen MR) is 68.0 cm³/mol. The fourth-order valence-electron chi connectivity index (χ4n) is 1.17. The van der Waals surface area contributed by atoms with Crippen LogP contribution in [0.3, 0.4) is 0 Å². The summed E-state index contributed by atoms with van der Waals surface area (Å²) in [7, 11) is 0. The molecule has 4 heteroatoms. The Bertz CT molecular complexity index is 372. The van der Waals surface area contributed by atoms with E-state index in [2.05, 4.69) is 48.7 Å². The van der Waals surface area contributed by atoms with Crippen LogP contribution in [0.15, 0.2) is 29.4 Å². The van der Waals surface area contributed by atoms with Gasteiger partial charge in [-0.25, -0.2) is 0 Å². The standard InChI is InChI=1S/C11H15N3S/c1-8(2)10-5-3-4-9(6-10)7-13-14-11(12)15/h3-8H,1-2H3,(H3,12,14,15). The lowest BCUT2D eigenvalue weighted by Crippen LogP contribution is -2.23. The molecule has 3 nitrogen and oxygen atoms in total. The Morgan fingerprint density at radius 2 is 2.27 bits per heavy atom. The number of hydrazone groups is 1. The summed E-state index contributed by atoms with van der Waals surface area (Å²) in [6.45, 7) is 4.31. The number of nitrogens with two attached hydrogens (primary N) is 1. The lowest BCUT2D eigenvalue weighted by atomic mass is 10.0.